The number of benzene rings is 1. The van der Waals surface area contributed by atoms with Gasteiger partial charge in [-0.25, -0.2) is 4.79 Å². The SMILES string of the molecule is CC1CCCC(C)(C)C1.O=C(O)c1ccccc1O. The van der Waals surface area contributed by atoms with Crippen molar-refractivity contribution < 1.29 is 15.0 Å². The maximum absolute atomic E-state index is 10.3. The molecule has 2 rings (SSSR count). The van der Waals surface area contributed by atoms with Gasteiger partial charge in [-0.3, -0.25) is 0 Å². The lowest BCUT2D eigenvalue weighted by atomic mass is 9.73. The summed E-state index contributed by atoms with van der Waals surface area (Å²) in [6, 6.07) is 5.81. The van der Waals surface area contributed by atoms with Gasteiger partial charge in [0.15, 0.2) is 0 Å². The van der Waals surface area contributed by atoms with Gasteiger partial charge in [0.25, 0.3) is 0 Å². The minimum atomic E-state index is -1.11. The highest BCUT2D eigenvalue weighted by Gasteiger charge is 2.24. The lowest BCUT2D eigenvalue weighted by molar-refractivity contribution is 0.0693. The molecule has 0 radical (unpaired) electrons. The number of hydrogen-bond acceptors (Lipinski definition) is 2. The first-order valence-electron chi connectivity index (χ1n) is 6.83. The standard InChI is InChI=1S/C9H18.C7H6O3/c1-8-5-4-6-9(2,3)7-8;8-6-4-2-1-3-5(6)7(9)10/h8H,4-7H2,1-3H3;1-4,8H,(H,9,10). The zero-order valence-electron chi connectivity index (χ0n) is 12.0. The van der Waals surface area contributed by atoms with Crippen LogP contribution in [-0.2, 0) is 0 Å². The van der Waals surface area contributed by atoms with Gasteiger partial charge in [0.05, 0.1) is 0 Å². The predicted octanol–water partition coefficient (Wildman–Crippen LogP) is 4.31. The number of carboxylic acids is 1. The Balaban J connectivity index is 0.000000191. The van der Waals surface area contributed by atoms with Crippen molar-refractivity contribution in [2.75, 3.05) is 0 Å². The Bertz CT molecular complexity index is 424. The van der Waals surface area contributed by atoms with Crippen LogP contribution >= 0.6 is 0 Å². The summed E-state index contributed by atoms with van der Waals surface area (Å²) in [6.07, 6.45) is 5.79. The zero-order valence-corrected chi connectivity index (χ0v) is 12.0. The molecule has 1 aliphatic carbocycles. The highest BCUT2D eigenvalue weighted by Crippen LogP contribution is 2.37. The number of aromatic carboxylic acids is 1. The molecule has 0 heterocycles. The normalized spacial score (nSPS) is 21.1. The summed E-state index contributed by atoms with van der Waals surface area (Å²) in [5.41, 5.74) is 0.583. The van der Waals surface area contributed by atoms with Crippen LogP contribution in [0.3, 0.4) is 0 Å². The van der Waals surface area contributed by atoms with E-state index in [1.165, 1.54) is 37.8 Å². The second kappa shape index (κ2) is 6.60. The molecule has 0 bridgehead atoms. The largest absolute Gasteiger partial charge is 0.507 e. The summed E-state index contributed by atoms with van der Waals surface area (Å²) in [5.74, 6) is -0.332. The Morgan fingerprint density at radius 1 is 1.32 bits per heavy atom. The summed E-state index contributed by atoms with van der Waals surface area (Å²) in [6.45, 7) is 7.16. The highest BCUT2D eigenvalue weighted by molar-refractivity contribution is 5.90. The molecule has 0 amide bonds. The van der Waals surface area contributed by atoms with E-state index in [1.807, 2.05) is 0 Å². The third-order valence-corrected chi connectivity index (χ3v) is 3.59. The highest BCUT2D eigenvalue weighted by atomic mass is 16.4. The lowest BCUT2D eigenvalue weighted by Gasteiger charge is -2.33. The molecule has 3 nitrogen and oxygen atoms in total. The van der Waals surface area contributed by atoms with Crippen molar-refractivity contribution in [1.82, 2.24) is 0 Å². The smallest absolute Gasteiger partial charge is 0.339 e. The molecule has 0 spiro atoms. The van der Waals surface area contributed by atoms with Crippen LogP contribution in [0.15, 0.2) is 24.3 Å². The topological polar surface area (TPSA) is 57.5 Å². The van der Waals surface area contributed by atoms with Gasteiger partial charge in [0, 0.05) is 0 Å². The van der Waals surface area contributed by atoms with Gasteiger partial charge in [-0.1, -0.05) is 45.7 Å². The molecule has 1 aromatic rings. The number of hydrogen-bond donors (Lipinski definition) is 2. The minimum Gasteiger partial charge on any atom is -0.507 e. The summed E-state index contributed by atoms with van der Waals surface area (Å²) >= 11 is 0. The molecule has 0 aromatic heterocycles. The van der Waals surface area contributed by atoms with Crippen molar-refractivity contribution in [3.8, 4) is 5.75 Å². The third-order valence-electron chi connectivity index (χ3n) is 3.59. The molecule has 2 N–H and O–H groups in total. The van der Waals surface area contributed by atoms with E-state index in [-0.39, 0.29) is 11.3 Å². The molecule has 1 fully saturated rings. The first-order chi connectivity index (χ1) is 8.82. The minimum absolute atomic E-state index is 0.0671. The molecule has 106 valence electrons. The van der Waals surface area contributed by atoms with Crippen LogP contribution in [0.25, 0.3) is 0 Å². The Hall–Kier alpha value is -1.51. The number of para-hydroxylation sites is 1. The van der Waals surface area contributed by atoms with E-state index in [9.17, 15) is 4.79 Å². The van der Waals surface area contributed by atoms with Crippen molar-refractivity contribution >= 4 is 5.97 Å². The molecule has 1 unspecified atom stereocenters. The van der Waals surface area contributed by atoms with Gasteiger partial charge in [-0.05, 0) is 36.3 Å². The first-order valence-corrected chi connectivity index (χ1v) is 6.83. The molecule has 19 heavy (non-hydrogen) atoms. The molecular weight excluding hydrogens is 240 g/mol. The van der Waals surface area contributed by atoms with Gasteiger partial charge in [-0.15, -0.1) is 0 Å². The van der Waals surface area contributed by atoms with Crippen LogP contribution in [0, 0.1) is 11.3 Å². The average Bonchev–Trinajstić information content (AvgIpc) is 2.28. The van der Waals surface area contributed by atoms with Crippen LogP contribution in [0.2, 0.25) is 0 Å². The van der Waals surface area contributed by atoms with Crippen LogP contribution in [-0.4, -0.2) is 16.2 Å². The van der Waals surface area contributed by atoms with Crippen LogP contribution in [0.1, 0.15) is 56.8 Å². The van der Waals surface area contributed by atoms with E-state index < -0.39 is 5.97 Å². The second-order valence-corrected chi connectivity index (χ2v) is 6.19. The zero-order chi connectivity index (χ0) is 14.5. The third kappa shape index (κ3) is 5.33. The van der Waals surface area contributed by atoms with Crippen LogP contribution < -0.4 is 0 Å². The lowest BCUT2D eigenvalue weighted by Crippen LogP contribution is -2.20. The van der Waals surface area contributed by atoms with Crippen molar-refractivity contribution in [1.29, 1.82) is 0 Å². The molecule has 3 heteroatoms. The van der Waals surface area contributed by atoms with E-state index in [1.54, 1.807) is 12.1 Å². The Kier molecular flexibility index (Phi) is 5.40. The fourth-order valence-corrected chi connectivity index (χ4v) is 2.73. The van der Waals surface area contributed by atoms with E-state index in [4.69, 9.17) is 10.2 Å². The Morgan fingerprint density at radius 3 is 2.32 bits per heavy atom. The predicted molar refractivity (Wildman–Crippen MR) is 76.5 cm³/mol. The fourth-order valence-electron chi connectivity index (χ4n) is 2.73. The second-order valence-electron chi connectivity index (χ2n) is 6.19. The summed E-state index contributed by atoms with van der Waals surface area (Å²) < 4.78 is 0. The number of carbonyl (C=O) groups is 1. The van der Waals surface area contributed by atoms with Gasteiger partial charge >= 0.3 is 5.97 Å². The maximum Gasteiger partial charge on any atom is 0.339 e. The van der Waals surface area contributed by atoms with Crippen molar-refractivity contribution in [3.05, 3.63) is 29.8 Å². The number of carboxylic acid groups (broad SMARTS) is 1. The Morgan fingerprint density at radius 2 is 1.95 bits per heavy atom. The van der Waals surface area contributed by atoms with Gasteiger partial charge in [0.1, 0.15) is 11.3 Å². The monoisotopic (exact) mass is 264 g/mol. The van der Waals surface area contributed by atoms with E-state index in [0.717, 1.165) is 5.92 Å². The van der Waals surface area contributed by atoms with Crippen molar-refractivity contribution in [2.24, 2.45) is 11.3 Å². The quantitative estimate of drug-likeness (QED) is 0.794. The number of rotatable bonds is 1. The fraction of sp³-hybridized carbons (Fsp3) is 0.562. The van der Waals surface area contributed by atoms with Crippen LogP contribution in [0.4, 0.5) is 0 Å². The van der Waals surface area contributed by atoms with Crippen LogP contribution in [0.5, 0.6) is 5.75 Å². The summed E-state index contributed by atoms with van der Waals surface area (Å²) in [4.78, 5) is 10.3. The molecular formula is C16H24O3. The maximum atomic E-state index is 10.3. The molecule has 1 aromatic carbocycles. The number of phenols is 1. The van der Waals surface area contributed by atoms with Gasteiger partial charge in [0.2, 0.25) is 0 Å². The van der Waals surface area contributed by atoms with Crippen molar-refractivity contribution in [2.45, 2.75) is 46.5 Å². The van der Waals surface area contributed by atoms with Crippen molar-refractivity contribution in [3.63, 3.8) is 0 Å². The summed E-state index contributed by atoms with van der Waals surface area (Å²) in [5, 5.41) is 17.3. The van der Waals surface area contributed by atoms with E-state index in [2.05, 4.69) is 20.8 Å². The Labute approximate surface area is 115 Å². The molecule has 0 aliphatic heterocycles. The molecule has 1 atom stereocenters. The van der Waals surface area contributed by atoms with E-state index >= 15 is 0 Å². The van der Waals surface area contributed by atoms with Gasteiger partial charge in [-0.2, -0.15) is 0 Å². The average molecular weight is 264 g/mol. The van der Waals surface area contributed by atoms with Gasteiger partial charge < -0.3 is 10.2 Å². The molecule has 1 aliphatic rings. The summed E-state index contributed by atoms with van der Waals surface area (Å²) in [7, 11) is 0. The number of aromatic hydroxyl groups is 1. The van der Waals surface area contributed by atoms with E-state index in [0.29, 0.717) is 5.41 Å². The molecule has 1 saturated carbocycles. The first kappa shape index (κ1) is 15.5. The molecule has 0 saturated heterocycles.